The van der Waals surface area contributed by atoms with E-state index in [-0.39, 0.29) is 13.2 Å². The Morgan fingerprint density at radius 2 is 1.46 bits per heavy atom. The highest BCUT2D eigenvalue weighted by Crippen LogP contribution is 2.02. The molecule has 0 amide bonds. The molecule has 0 aromatic heterocycles. The predicted molar refractivity (Wildman–Crippen MR) is 41.0 cm³/mol. The fourth-order valence-corrected chi connectivity index (χ4v) is 0.198. The Labute approximate surface area is 74.1 Å². The second-order valence-electron chi connectivity index (χ2n) is 1.82. The number of carbonyl (C=O) groups excluding carboxylic acids is 2. The molecule has 0 aromatic carbocycles. The van der Waals surface area contributed by atoms with Crippen molar-refractivity contribution in [1.29, 1.82) is 0 Å². The zero-order valence-electron chi connectivity index (χ0n) is 6.97. The van der Waals surface area contributed by atoms with Crippen LogP contribution in [-0.4, -0.2) is 46.5 Å². The molecule has 0 radical (unpaired) electrons. The smallest absolute Gasteiger partial charge is 0.273 e. The fraction of sp³-hybridized carbons (Fsp3) is 0.667. The zero-order chi connectivity index (χ0) is 10.7. The monoisotopic (exact) mass is 190 g/mol. The third kappa shape index (κ3) is 13.6. The molecule has 0 bridgehead atoms. The van der Waals surface area contributed by atoms with Gasteiger partial charge >= 0.3 is 0 Å². The summed E-state index contributed by atoms with van der Waals surface area (Å²) >= 11 is 0. The maximum Gasteiger partial charge on any atom is 0.273 e. The first-order chi connectivity index (χ1) is 6.04. The van der Waals surface area contributed by atoms with Gasteiger partial charge in [-0.2, -0.15) is 0 Å². The third-order valence-corrected chi connectivity index (χ3v) is 0.615. The van der Waals surface area contributed by atoms with Crippen LogP contribution in [0.5, 0.6) is 0 Å². The average Bonchev–Trinajstić information content (AvgIpc) is 2.04. The number of aliphatic hydroxyl groups excluding tert-OH is 2. The fourth-order valence-electron chi connectivity index (χ4n) is 0.198. The molecule has 0 fully saturated rings. The molecule has 0 spiro atoms. The van der Waals surface area contributed by atoms with Gasteiger partial charge in [-0.15, -0.1) is 9.98 Å². The van der Waals surface area contributed by atoms with E-state index in [9.17, 15) is 9.59 Å². The van der Waals surface area contributed by atoms with Crippen LogP contribution >= 0.6 is 0 Å². The summed E-state index contributed by atoms with van der Waals surface area (Å²) in [6, 6.07) is 0. The number of isocyanates is 2. The molecule has 3 N–H and O–H groups in total. The summed E-state index contributed by atoms with van der Waals surface area (Å²) in [6.07, 6.45) is 2.09. The van der Waals surface area contributed by atoms with Gasteiger partial charge in [0.25, 0.3) is 5.85 Å². The van der Waals surface area contributed by atoms with Gasteiger partial charge < -0.3 is 15.3 Å². The largest absolute Gasteiger partial charge is 0.394 e. The minimum absolute atomic E-state index is 0.125. The number of aliphatic imine (C=N–C) groups is 2. The van der Waals surface area contributed by atoms with Crippen LogP contribution in [0.1, 0.15) is 6.92 Å². The highest BCUT2D eigenvalue weighted by atomic mass is 16.3. The Bertz CT molecular complexity index is 193. The molecule has 0 aliphatic carbocycles. The number of hydrogen-bond acceptors (Lipinski definition) is 7. The van der Waals surface area contributed by atoms with Gasteiger partial charge in [0.2, 0.25) is 12.2 Å². The molecule has 0 aliphatic heterocycles. The van der Waals surface area contributed by atoms with E-state index < -0.39 is 5.85 Å². The van der Waals surface area contributed by atoms with Crippen molar-refractivity contribution in [2.24, 2.45) is 9.98 Å². The van der Waals surface area contributed by atoms with Crippen molar-refractivity contribution < 1.29 is 24.9 Å². The second-order valence-corrected chi connectivity index (χ2v) is 1.82. The maximum atomic E-state index is 9.45. The van der Waals surface area contributed by atoms with E-state index in [1.807, 2.05) is 0 Å². The lowest BCUT2D eigenvalue weighted by molar-refractivity contribution is 0.0801. The molecule has 0 atom stereocenters. The van der Waals surface area contributed by atoms with Crippen molar-refractivity contribution in [2.75, 3.05) is 13.2 Å². The quantitative estimate of drug-likeness (QED) is 0.361. The number of rotatable bonds is 3. The first kappa shape index (κ1) is 14.2. The SMILES string of the molecule is CC(O)(N=C=O)N=C=O.OCCO. The Balaban J connectivity index is 0. The highest BCUT2D eigenvalue weighted by Gasteiger charge is 2.15. The minimum Gasteiger partial charge on any atom is -0.394 e. The van der Waals surface area contributed by atoms with Crippen molar-refractivity contribution in [3.05, 3.63) is 0 Å². The molecule has 0 saturated carbocycles. The van der Waals surface area contributed by atoms with Crippen LogP contribution in [0.25, 0.3) is 0 Å². The molecule has 7 nitrogen and oxygen atoms in total. The van der Waals surface area contributed by atoms with E-state index in [0.29, 0.717) is 0 Å². The molecule has 0 rings (SSSR count). The standard InChI is InChI=1S/C4H4N2O3.C2H6O2/c1-4(9,5-2-7)6-3-8;3-1-2-4/h9H,1H3;3-4H,1-2H2. The minimum atomic E-state index is -2.00. The molecular formula is C6H10N2O5. The molecule has 0 aromatic rings. The number of nitrogens with zero attached hydrogens (tertiary/aromatic N) is 2. The Hall–Kier alpha value is -1.36. The van der Waals surface area contributed by atoms with E-state index in [1.54, 1.807) is 0 Å². The van der Waals surface area contributed by atoms with Crippen LogP contribution in [0.3, 0.4) is 0 Å². The van der Waals surface area contributed by atoms with Crippen LogP contribution in [0, 0.1) is 0 Å². The summed E-state index contributed by atoms with van der Waals surface area (Å²) in [7, 11) is 0. The van der Waals surface area contributed by atoms with Crippen LogP contribution in [-0.2, 0) is 9.59 Å². The molecule has 0 unspecified atom stereocenters. The Morgan fingerprint density at radius 1 is 1.15 bits per heavy atom. The molecule has 0 heterocycles. The van der Waals surface area contributed by atoms with E-state index >= 15 is 0 Å². The van der Waals surface area contributed by atoms with Crippen molar-refractivity contribution >= 4 is 12.2 Å². The van der Waals surface area contributed by atoms with Gasteiger partial charge in [0.05, 0.1) is 13.2 Å². The maximum absolute atomic E-state index is 9.45. The molecule has 7 heteroatoms. The lowest BCUT2D eigenvalue weighted by Gasteiger charge is -2.03. The van der Waals surface area contributed by atoms with Crippen LogP contribution < -0.4 is 0 Å². The number of aliphatic hydroxyl groups is 3. The first-order valence-electron chi connectivity index (χ1n) is 3.16. The summed E-state index contributed by atoms with van der Waals surface area (Å²) in [6.45, 7) is 0.808. The van der Waals surface area contributed by atoms with Crippen LogP contribution in [0.4, 0.5) is 0 Å². The highest BCUT2D eigenvalue weighted by molar-refractivity contribution is 5.37. The summed E-state index contributed by atoms with van der Waals surface area (Å²) in [5.74, 6) is -2.00. The molecule has 13 heavy (non-hydrogen) atoms. The lowest BCUT2D eigenvalue weighted by atomic mass is 10.5. The van der Waals surface area contributed by atoms with E-state index in [1.165, 1.54) is 0 Å². The van der Waals surface area contributed by atoms with Crippen LogP contribution in [0.15, 0.2) is 9.98 Å². The summed E-state index contributed by atoms with van der Waals surface area (Å²) in [5.41, 5.74) is 0. The summed E-state index contributed by atoms with van der Waals surface area (Å²) in [4.78, 5) is 24.4. The van der Waals surface area contributed by atoms with Gasteiger partial charge in [0.1, 0.15) is 0 Å². The van der Waals surface area contributed by atoms with Gasteiger partial charge in [-0.05, 0) is 0 Å². The van der Waals surface area contributed by atoms with Gasteiger partial charge in [-0.25, -0.2) is 9.59 Å². The average molecular weight is 190 g/mol. The Morgan fingerprint density at radius 3 is 1.62 bits per heavy atom. The molecule has 0 aliphatic rings. The molecule has 74 valence electrons. The first-order valence-corrected chi connectivity index (χ1v) is 3.16. The summed E-state index contributed by atoms with van der Waals surface area (Å²) in [5, 5.41) is 23.9. The van der Waals surface area contributed by atoms with Crippen molar-refractivity contribution in [2.45, 2.75) is 12.8 Å². The van der Waals surface area contributed by atoms with E-state index in [0.717, 1.165) is 19.1 Å². The van der Waals surface area contributed by atoms with Crippen molar-refractivity contribution in [3.63, 3.8) is 0 Å². The van der Waals surface area contributed by atoms with Gasteiger partial charge in [-0.1, -0.05) is 0 Å². The third-order valence-electron chi connectivity index (χ3n) is 0.615. The second kappa shape index (κ2) is 8.73. The Kier molecular flexibility index (Phi) is 9.53. The lowest BCUT2D eigenvalue weighted by Crippen LogP contribution is -2.16. The van der Waals surface area contributed by atoms with Crippen molar-refractivity contribution in [3.8, 4) is 0 Å². The van der Waals surface area contributed by atoms with Crippen LogP contribution in [0.2, 0.25) is 0 Å². The van der Waals surface area contributed by atoms with E-state index in [2.05, 4.69) is 9.98 Å². The van der Waals surface area contributed by atoms with E-state index in [4.69, 9.17) is 15.3 Å². The zero-order valence-corrected chi connectivity index (χ0v) is 6.97. The van der Waals surface area contributed by atoms with Crippen molar-refractivity contribution in [1.82, 2.24) is 0 Å². The summed E-state index contributed by atoms with van der Waals surface area (Å²) < 4.78 is 0. The van der Waals surface area contributed by atoms with Gasteiger partial charge in [-0.3, -0.25) is 0 Å². The van der Waals surface area contributed by atoms with Gasteiger partial charge in [0.15, 0.2) is 0 Å². The molecular weight excluding hydrogens is 180 g/mol. The normalized spacial score (nSPS) is 12.3. The topological polar surface area (TPSA) is 120 Å². The number of hydrogen-bond donors (Lipinski definition) is 3. The van der Waals surface area contributed by atoms with Gasteiger partial charge in [0, 0.05) is 6.92 Å². The predicted octanol–water partition coefficient (Wildman–Crippen LogP) is -1.71. The molecule has 0 saturated heterocycles.